The molecule has 1 saturated heterocycles. The molecular formula is C23H40N6O2. The van der Waals surface area contributed by atoms with Crippen molar-refractivity contribution in [3.8, 4) is 0 Å². The van der Waals surface area contributed by atoms with Gasteiger partial charge in [0.1, 0.15) is 0 Å². The molecule has 2 heterocycles. The predicted octanol–water partition coefficient (Wildman–Crippen LogP) is 3.30. The maximum absolute atomic E-state index is 13.1. The highest BCUT2D eigenvalue weighted by atomic mass is 16.2. The minimum absolute atomic E-state index is 0.0966. The highest BCUT2D eigenvalue weighted by molar-refractivity contribution is 5.93. The van der Waals surface area contributed by atoms with Crippen molar-refractivity contribution in [3.63, 3.8) is 0 Å². The third kappa shape index (κ3) is 8.44. The molecule has 174 valence electrons. The molecule has 1 aliphatic heterocycles. The van der Waals surface area contributed by atoms with Crippen LogP contribution >= 0.6 is 0 Å². The van der Waals surface area contributed by atoms with E-state index in [1.807, 2.05) is 4.90 Å². The van der Waals surface area contributed by atoms with E-state index in [1.54, 1.807) is 6.07 Å². The van der Waals surface area contributed by atoms with Gasteiger partial charge in [0.15, 0.2) is 11.5 Å². The molecule has 0 spiro atoms. The molecule has 0 radical (unpaired) electrons. The third-order valence-electron chi connectivity index (χ3n) is 5.26. The van der Waals surface area contributed by atoms with Gasteiger partial charge in [-0.15, -0.1) is 10.2 Å². The number of urea groups is 1. The fraction of sp³-hybridized carbons (Fsp3) is 0.739. The second-order valence-corrected chi connectivity index (χ2v) is 9.80. The van der Waals surface area contributed by atoms with Crippen LogP contribution in [0.4, 0.5) is 10.6 Å². The molecule has 1 aromatic rings. The molecule has 3 amide bonds. The predicted molar refractivity (Wildman–Crippen MR) is 124 cm³/mol. The molecular weight excluding hydrogens is 392 g/mol. The summed E-state index contributed by atoms with van der Waals surface area (Å²) >= 11 is 0. The molecule has 3 N–H and O–H groups in total. The summed E-state index contributed by atoms with van der Waals surface area (Å²) in [6.45, 7) is 15.5. The zero-order valence-electron chi connectivity index (χ0n) is 20.0. The number of rotatable bonds is 9. The molecule has 1 unspecified atom stereocenters. The van der Waals surface area contributed by atoms with Crippen LogP contribution in [-0.4, -0.2) is 59.3 Å². The first-order chi connectivity index (χ1) is 14.7. The van der Waals surface area contributed by atoms with E-state index in [2.05, 4.69) is 67.7 Å². The van der Waals surface area contributed by atoms with Crippen LogP contribution in [0.25, 0.3) is 0 Å². The summed E-state index contributed by atoms with van der Waals surface area (Å²) < 4.78 is 0. The summed E-state index contributed by atoms with van der Waals surface area (Å²) in [5, 5.41) is 17.5. The lowest BCUT2D eigenvalue weighted by atomic mass is 10.0. The molecule has 0 aliphatic carbocycles. The maximum atomic E-state index is 13.1. The van der Waals surface area contributed by atoms with Gasteiger partial charge in [-0.25, -0.2) is 4.79 Å². The Kier molecular flexibility index (Phi) is 9.68. The summed E-state index contributed by atoms with van der Waals surface area (Å²) in [6.07, 6.45) is 2.64. The van der Waals surface area contributed by atoms with Crippen LogP contribution in [0.15, 0.2) is 6.07 Å². The molecule has 0 aromatic carbocycles. The van der Waals surface area contributed by atoms with Crippen molar-refractivity contribution in [3.05, 3.63) is 17.3 Å². The minimum atomic E-state index is -0.294. The highest BCUT2D eigenvalue weighted by Crippen LogP contribution is 2.19. The Labute approximate surface area is 186 Å². The molecule has 0 saturated carbocycles. The Bertz CT molecular complexity index is 735. The van der Waals surface area contributed by atoms with Gasteiger partial charge in [-0.05, 0) is 48.6 Å². The Hall–Kier alpha value is -2.22. The Morgan fingerprint density at radius 2 is 1.87 bits per heavy atom. The fourth-order valence-electron chi connectivity index (χ4n) is 3.76. The molecule has 8 heteroatoms. The SMILES string of the molecule is CC(C)CCNC(=O)Nc1nnc(C(=O)N2CCNC(CC(C)C)C2)cc1CC(C)C. The first-order valence-corrected chi connectivity index (χ1v) is 11.6. The van der Waals surface area contributed by atoms with Crippen molar-refractivity contribution >= 4 is 17.8 Å². The monoisotopic (exact) mass is 432 g/mol. The zero-order valence-corrected chi connectivity index (χ0v) is 20.0. The van der Waals surface area contributed by atoms with Gasteiger partial charge in [-0.2, -0.15) is 0 Å². The van der Waals surface area contributed by atoms with E-state index >= 15 is 0 Å². The largest absolute Gasteiger partial charge is 0.338 e. The van der Waals surface area contributed by atoms with Crippen LogP contribution in [0, 0.1) is 17.8 Å². The Morgan fingerprint density at radius 3 is 2.52 bits per heavy atom. The number of piperazine rings is 1. The summed E-state index contributed by atoms with van der Waals surface area (Å²) in [5.41, 5.74) is 1.17. The van der Waals surface area contributed by atoms with Crippen LogP contribution < -0.4 is 16.0 Å². The second kappa shape index (κ2) is 12.0. The molecule has 0 bridgehead atoms. The van der Waals surface area contributed by atoms with Gasteiger partial charge in [-0.3, -0.25) is 10.1 Å². The van der Waals surface area contributed by atoms with E-state index < -0.39 is 0 Å². The number of hydrogen-bond donors (Lipinski definition) is 3. The first kappa shape index (κ1) is 25.0. The van der Waals surface area contributed by atoms with E-state index in [1.165, 1.54) is 0 Å². The third-order valence-corrected chi connectivity index (χ3v) is 5.26. The topological polar surface area (TPSA) is 99.2 Å². The van der Waals surface area contributed by atoms with Crippen molar-refractivity contribution in [2.24, 2.45) is 17.8 Å². The number of nitrogens with one attached hydrogen (secondary N) is 3. The molecule has 1 atom stereocenters. The average Bonchev–Trinajstić information content (AvgIpc) is 2.67. The quantitative estimate of drug-likeness (QED) is 0.556. The van der Waals surface area contributed by atoms with E-state index in [0.29, 0.717) is 61.4 Å². The number of anilines is 1. The summed E-state index contributed by atoms with van der Waals surface area (Å²) in [7, 11) is 0. The lowest BCUT2D eigenvalue weighted by Crippen LogP contribution is -2.53. The lowest BCUT2D eigenvalue weighted by Gasteiger charge is -2.34. The molecule has 31 heavy (non-hydrogen) atoms. The summed E-state index contributed by atoms with van der Waals surface area (Å²) in [4.78, 5) is 27.2. The van der Waals surface area contributed by atoms with Crippen LogP contribution in [0.2, 0.25) is 0 Å². The summed E-state index contributed by atoms with van der Waals surface area (Å²) in [6, 6.07) is 1.80. The van der Waals surface area contributed by atoms with E-state index in [4.69, 9.17) is 0 Å². The van der Waals surface area contributed by atoms with Crippen LogP contribution in [0.5, 0.6) is 0 Å². The van der Waals surface area contributed by atoms with Gasteiger partial charge >= 0.3 is 6.03 Å². The number of hydrogen-bond acceptors (Lipinski definition) is 5. The lowest BCUT2D eigenvalue weighted by molar-refractivity contribution is 0.0687. The van der Waals surface area contributed by atoms with Gasteiger partial charge in [0.2, 0.25) is 0 Å². The summed E-state index contributed by atoms with van der Waals surface area (Å²) in [5.74, 6) is 1.77. The van der Waals surface area contributed by atoms with E-state index in [9.17, 15) is 9.59 Å². The zero-order chi connectivity index (χ0) is 23.0. The minimum Gasteiger partial charge on any atom is -0.338 e. The van der Waals surface area contributed by atoms with Crippen LogP contribution in [0.3, 0.4) is 0 Å². The standard InChI is InChI=1S/C23H40N6O2/c1-15(2)7-8-25-23(31)26-21-18(11-16(3)4)13-20(27-28-21)22(30)29-10-9-24-19(14-29)12-17(5)6/h13,15-17,19,24H,7-12,14H2,1-6H3,(H2,25,26,28,31). The number of amides is 3. The number of carbonyl (C=O) groups is 2. The molecule has 1 aromatic heterocycles. The Morgan fingerprint density at radius 1 is 1.13 bits per heavy atom. The molecule has 8 nitrogen and oxygen atoms in total. The molecule has 1 aliphatic rings. The fourth-order valence-corrected chi connectivity index (χ4v) is 3.76. The number of carbonyl (C=O) groups excluding carboxylic acids is 2. The van der Waals surface area contributed by atoms with Crippen molar-refractivity contribution in [2.75, 3.05) is 31.5 Å². The van der Waals surface area contributed by atoms with Gasteiger partial charge < -0.3 is 15.5 Å². The van der Waals surface area contributed by atoms with Crippen LogP contribution in [0.1, 0.15) is 70.4 Å². The molecule has 1 fully saturated rings. The normalized spacial score (nSPS) is 16.8. The van der Waals surface area contributed by atoms with E-state index in [-0.39, 0.29) is 11.9 Å². The van der Waals surface area contributed by atoms with Gasteiger partial charge in [0.25, 0.3) is 5.91 Å². The van der Waals surface area contributed by atoms with Crippen molar-refractivity contribution in [1.82, 2.24) is 25.7 Å². The van der Waals surface area contributed by atoms with Crippen molar-refractivity contribution in [2.45, 2.75) is 66.8 Å². The maximum Gasteiger partial charge on any atom is 0.320 e. The Balaban J connectivity index is 2.10. The average molecular weight is 433 g/mol. The number of aromatic nitrogens is 2. The van der Waals surface area contributed by atoms with E-state index in [0.717, 1.165) is 24.9 Å². The number of nitrogens with zero attached hydrogens (tertiary/aromatic N) is 3. The van der Waals surface area contributed by atoms with Gasteiger partial charge in [-0.1, -0.05) is 41.5 Å². The van der Waals surface area contributed by atoms with Gasteiger partial charge in [0.05, 0.1) is 0 Å². The van der Waals surface area contributed by atoms with Crippen molar-refractivity contribution < 1.29 is 9.59 Å². The van der Waals surface area contributed by atoms with Crippen LogP contribution in [-0.2, 0) is 6.42 Å². The van der Waals surface area contributed by atoms with Gasteiger partial charge in [0, 0.05) is 32.2 Å². The highest BCUT2D eigenvalue weighted by Gasteiger charge is 2.26. The first-order valence-electron chi connectivity index (χ1n) is 11.6. The molecule has 2 rings (SSSR count). The second-order valence-electron chi connectivity index (χ2n) is 9.80. The van der Waals surface area contributed by atoms with Crippen molar-refractivity contribution in [1.29, 1.82) is 0 Å². The smallest absolute Gasteiger partial charge is 0.320 e.